The largest absolute Gasteiger partial charge is 0.370 e. The third kappa shape index (κ3) is 4.85. The van der Waals surface area contributed by atoms with Crippen molar-refractivity contribution in [3.63, 3.8) is 0 Å². The van der Waals surface area contributed by atoms with Crippen molar-refractivity contribution >= 4 is 21.5 Å². The van der Waals surface area contributed by atoms with Gasteiger partial charge in [0.2, 0.25) is 0 Å². The molecule has 0 fully saturated rings. The summed E-state index contributed by atoms with van der Waals surface area (Å²) in [4.78, 5) is 4.05. The molecule has 1 rings (SSSR count). The van der Waals surface area contributed by atoms with Gasteiger partial charge in [-0.3, -0.25) is 4.99 Å². The van der Waals surface area contributed by atoms with Crippen molar-refractivity contribution in [2.45, 2.75) is 32.4 Å². The molecule has 0 aliphatic rings. The highest BCUT2D eigenvalue weighted by molar-refractivity contribution is 7.92. The summed E-state index contributed by atoms with van der Waals surface area (Å²) < 4.78 is 23.0. The summed E-state index contributed by atoms with van der Waals surface area (Å²) in [6, 6.07) is 7.71. The molecule has 0 spiro atoms. The van der Waals surface area contributed by atoms with Crippen LogP contribution in [0.5, 0.6) is 0 Å². The van der Waals surface area contributed by atoms with E-state index in [1.54, 1.807) is 20.8 Å². The molecule has 6 heteroatoms. The van der Waals surface area contributed by atoms with Gasteiger partial charge in [0.25, 0.3) is 0 Å². The average molecular weight is 297 g/mol. The van der Waals surface area contributed by atoms with Crippen molar-refractivity contribution < 1.29 is 8.42 Å². The Hall–Kier alpha value is -1.56. The van der Waals surface area contributed by atoms with Crippen molar-refractivity contribution in [3.8, 4) is 0 Å². The van der Waals surface area contributed by atoms with Crippen molar-refractivity contribution in [2.75, 3.05) is 17.6 Å². The summed E-state index contributed by atoms with van der Waals surface area (Å²) in [7, 11) is -3.16. The first-order valence-corrected chi connectivity index (χ1v) is 8.13. The zero-order valence-electron chi connectivity index (χ0n) is 12.5. The summed E-state index contributed by atoms with van der Waals surface area (Å²) in [5, 5.41) is 2.94. The van der Waals surface area contributed by atoms with E-state index in [1.165, 1.54) is 0 Å². The second kappa shape index (κ2) is 6.26. The van der Waals surface area contributed by atoms with Gasteiger partial charge in [-0.25, -0.2) is 8.42 Å². The molecule has 20 heavy (non-hydrogen) atoms. The van der Waals surface area contributed by atoms with E-state index in [9.17, 15) is 8.42 Å². The second-order valence-electron chi connectivity index (χ2n) is 5.69. The Morgan fingerprint density at radius 3 is 2.55 bits per heavy atom. The van der Waals surface area contributed by atoms with E-state index >= 15 is 0 Å². The van der Waals surface area contributed by atoms with Gasteiger partial charge in [-0.15, -0.1) is 0 Å². The normalized spacial score (nSPS) is 13.3. The predicted molar refractivity (Wildman–Crippen MR) is 84.8 cm³/mol. The molecule has 3 N–H and O–H groups in total. The Kier molecular flexibility index (Phi) is 5.16. The number of nitrogens with zero attached hydrogens (tertiary/aromatic N) is 1. The quantitative estimate of drug-likeness (QED) is 0.657. The minimum atomic E-state index is -3.16. The number of benzene rings is 1. The molecule has 0 saturated carbocycles. The number of sulfone groups is 1. The molecule has 0 aliphatic heterocycles. The van der Waals surface area contributed by atoms with Crippen LogP contribution >= 0.6 is 0 Å². The molecule has 0 radical (unpaired) electrons. The number of hydrogen-bond acceptors (Lipinski definition) is 3. The summed E-state index contributed by atoms with van der Waals surface area (Å²) in [6.07, 6.45) is 0. The standard InChI is InChI=1S/C14H23N3O2S/c1-11-6-5-7-12(10-11)17-13(15)16-8-9-20(18,19)14(2,3)4/h5-7,10H,8-9H2,1-4H3,(H3,15,16,17). The lowest BCUT2D eigenvalue weighted by atomic mass is 10.2. The third-order valence-electron chi connectivity index (χ3n) is 2.87. The van der Waals surface area contributed by atoms with Crippen LogP contribution in [0.1, 0.15) is 26.3 Å². The predicted octanol–water partition coefficient (Wildman–Crippen LogP) is 1.93. The number of aryl methyl sites for hydroxylation is 1. The zero-order valence-corrected chi connectivity index (χ0v) is 13.3. The van der Waals surface area contributed by atoms with E-state index in [1.807, 2.05) is 31.2 Å². The minimum absolute atomic E-state index is 0.00724. The molecule has 0 heterocycles. The molecule has 112 valence electrons. The smallest absolute Gasteiger partial charge is 0.193 e. The molecule has 0 unspecified atom stereocenters. The molecule has 0 aliphatic carbocycles. The van der Waals surface area contributed by atoms with Crippen LogP contribution in [0.3, 0.4) is 0 Å². The third-order valence-corrected chi connectivity index (χ3v) is 5.45. The number of nitrogens with one attached hydrogen (secondary N) is 1. The maximum atomic E-state index is 11.9. The lowest BCUT2D eigenvalue weighted by molar-refractivity contribution is 0.560. The van der Waals surface area contributed by atoms with E-state index in [0.29, 0.717) is 0 Å². The molecular weight excluding hydrogens is 274 g/mol. The fraction of sp³-hybridized carbons (Fsp3) is 0.500. The maximum Gasteiger partial charge on any atom is 0.193 e. The average Bonchev–Trinajstić information content (AvgIpc) is 2.26. The Morgan fingerprint density at radius 1 is 1.35 bits per heavy atom. The van der Waals surface area contributed by atoms with Crippen LogP contribution in [0.25, 0.3) is 0 Å². The first-order chi connectivity index (χ1) is 9.12. The van der Waals surface area contributed by atoms with Gasteiger partial charge in [0, 0.05) is 5.69 Å². The van der Waals surface area contributed by atoms with Gasteiger partial charge < -0.3 is 11.1 Å². The van der Waals surface area contributed by atoms with Gasteiger partial charge in [0.15, 0.2) is 15.8 Å². The molecular formula is C14H23N3O2S. The molecule has 5 nitrogen and oxygen atoms in total. The summed E-state index contributed by atoms with van der Waals surface area (Å²) >= 11 is 0. The molecule has 0 bridgehead atoms. The Labute approximate surface area is 121 Å². The monoisotopic (exact) mass is 297 g/mol. The number of rotatable bonds is 4. The van der Waals surface area contributed by atoms with Gasteiger partial charge >= 0.3 is 0 Å². The van der Waals surface area contributed by atoms with Crippen LogP contribution in [0.4, 0.5) is 5.69 Å². The van der Waals surface area contributed by atoms with Gasteiger partial charge in [-0.2, -0.15) is 0 Å². The van der Waals surface area contributed by atoms with Crippen LogP contribution in [-0.2, 0) is 9.84 Å². The van der Waals surface area contributed by atoms with Crippen molar-refractivity contribution in [1.29, 1.82) is 0 Å². The van der Waals surface area contributed by atoms with Gasteiger partial charge in [0.1, 0.15) is 0 Å². The second-order valence-corrected chi connectivity index (χ2v) is 8.56. The minimum Gasteiger partial charge on any atom is -0.370 e. The highest BCUT2D eigenvalue weighted by Gasteiger charge is 2.28. The first kappa shape index (κ1) is 16.5. The van der Waals surface area contributed by atoms with Gasteiger partial charge in [-0.05, 0) is 45.4 Å². The highest BCUT2D eigenvalue weighted by Crippen LogP contribution is 2.15. The number of aliphatic imine (C=N–C) groups is 1. The van der Waals surface area contributed by atoms with Crippen molar-refractivity contribution in [1.82, 2.24) is 0 Å². The number of nitrogens with two attached hydrogens (primary N) is 1. The van der Waals surface area contributed by atoms with E-state index in [2.05, 4.69) is 10.3 Å². The summed E-state index contributed by atoms with van der Waals surface area (Å²) in [5.74, 6) is 0.215. The van der Waals surface area contributed by atoms with Gasteiger partial charge in [-0.1, -0.05) is 12.1 Å². The Morgan fingerprint density at radius 2 is 2.00 bits per heavy atom. The maximum absolute atomic E-state index is 11.9. The number of guanidine groups is 1. The van der Waals surface area contributed by atoms with Gasteiger partial charge in [0.05, 0.1) is 17.0 Å². The summed E-state index contributed by atoms with van der Waals surface area (Å²) in [6.45, 7) is 7.18. The SMILES string of the molecule is Cc1cccc(NC(N)=NCCS(=O)(=O)C(C)(C)C)c1. The fourth-order valence-corrected chi connectivity index (χ4v) is 2.45. The molecule has 0 atom stereocenters. The van der Waals surface area contributed by atoms with E-state index in [-0.39, 0.29) is 18.3 Å². The van der Waals surface area contributed by atoms with Crippen LogP contribution in [0.2, 0.25) is 0 Å². The zero-order chi connectivity index (χ0) is 15.4. The van der Waals surface area contributed by atoms with Crippen molar-refractivity contribution in [3.05, 3.63) is 29.8 Å². The molecule has 1 aromatic carbocycles. The molecule has 0 saturated heterocycles. The number of anilines is 1. The molecule has 0 aromatic heterocycles. The van der Waals surface area contributed by atoms with E-state index in [4.69, 9.17) is 5.73 Å². The topological polar surface area (TPSA) is 84.5 Å². The fourth-order valence-electron chi connectivity index (χ4n) is 1.50. The summed E-state index contributed by atoms with van der Waals surface area (Å²) in [5.41, 5.74) is 7.69. The lowest BCUT2D eigenvalue weighted by Gasteiger charge is -2.18. The van der Waals surface area contributed by atoms with E-state index in [0.717, 1.165) is 11.3 Å². The number of hydrogen-bond donors (Lipinski definition) is 2. The van der Waals surface area contributed by atoms with E-state index < -0.39 is 14.6 Å². The Balaban J connectivity index is 2.59. The first-order valence-electron chi connectivity index (χ1n) is 6.48. The molecule has 1 aromatic rings. The molecule has 0 amide bonds. The Bertz CT molecular complexity index is 587. The highest BCUT2D eigenvalue weighted by atomic mass is 32.2. The lowest BCUT2D eigenvalue weighted by Crippen LogP contribution is -2.32. The van der Waals surface area contributed by atoms with Crippen molar-refractivity contribution in [2.24, 2.45) is 10.7 Å². The van der Waals surface area contributed by atoms with Crippen LogP contribution in [0, 0.1) is 6.92 Å². The van der Waals surface area contributed by atoms with Crippen LogP contribution < -0.4 is 11.1 Å². The van der Waals surface area contributed by atoms with Crippen LogP contribution in [-0.4, -0.2) is 31.4 Å². The van der Waals surface area contributed by atoms with Crippen LogP contribution in [0.15, 0.2) is 29.3 Å².